The van der Waals surface area contributed by atoms with Crippen molar-refractivity contribution in [2.45, 2.75) is 33.2 Å². The van der Waals surface area contributed by atoms with Crippen LogP contribution >= 0.6 is 24.0 Å². The van der Waals surface area contributed by atoms with Crippen LogP contribution in [0.25, 0.3) is 0 Å². The van der Waals surface area contributed by atoms with Crippen molar-refractivity contribution in [3.8, 4) is 0 Å². The molecule has 0 fully saturated rings. The maximum atomic E-state index is 12.0. The van der Waals surface area contributed by atoms with Crippen LogP contribution in [0.2, 0.25) is 0 Å². The molecule has 0 heterocycles. The van der Waals surface area contributed by atoms with Gasteiger partial charge in [0.2, 0.25) is 0 Å². The van der Waals surface area contributed by atoms with Crippen molar-refractivity contribution in [3.63, 3.8) is 0 Å². The number of rotatable bonds is 4. The lowest BCUT2D eigenvalue weighted by Crippen LogP contribution is -2.49. The molecular formula is C16H27IN4O. The normalized spacial score (nSPS) is 11.4. The van der Waals surface area contributed by atoms with Gasteiger partial charge >= 0.3 is 0 Å². The van der Waals surface area contributed by atoms with Crippen LogP contribution in [0.4, 0.5) is 0 Å². The Labute approximate surface area is 150 Å². The Hall–Kier alpha value is -1.31. The van der Waals surface area contributed by atoms with Crippen LogP contribution in [-0.4, -0.2) is 37.5 Å². The SMILES string of the molecule is CN=C(NCCNC(=O)c1cccc(C)c1)NC(C)(C)C.I. The van der Waals surface area contributed by atoms with Crippen molar-refractivity contribution in [2.24, 2.45) is 4.99 Å². The fraction of sp³-hybridized carbons (Fsp3) is 0.500. The van der Waals surface area contributed by atoms with Gasteiger partial charge < -0.3 is 16.0 Å². The number of carbonyl (C=O) groups excluding carboxylic acids is 1. The molecule has 0 radical (unpaired) electrons. The molecule has 0 aliphatic rings. The van der Waals surface area contributed by atoms with E-state index in [0.717, 1.165) is 11.5 Å². The van der Waals surface area contributed by atoms with E-state index in [2.05, 4.69) is 41.7 Å². The maximum Gasteiger partial charge on any atom is 0.251 e. The van der Waals surface area contributed by atoms with E-state index < -0.39 is 0 Å². The first-order valence-electron chi connectivity index (χ1n) is 7.15. The second-order valence-electron chi connectivity index (χ2n) is 6.00. The van der Waals surface area contributed by atoms with Gasteiger partial charge in [-0.1, -0.05) is 17.7 Å². The van der Waals surface area contributed by atoms with Crippen LogP contribution in [-0.2, 0) is 0 Å². The number of halogens is 1. The standard InChI is InChI=1S/C16H26N4O.HI/c1-12-7-6-8-13(11-12)14(21)18-9-10-19-15(17-5)20-16(2,3)4;/h6-8,11H,9-10H2,1-5H3,(H,18,21)(H2,17,19,20);1H. The Kier molecular flexibility index (Phi) is 9.08. The van der Waals surface area contributed by atoms with Crippen molar-refractivity contribution >= 4 is 35.8 Å². The highest BCUT2D eigenvalue weighted by Gasteiger charge is 2.11. The first kappa shape index (κ1) is 20.7. The third-order valence-electron chi connectivity index (χ3n) is 2.70. The van der Waals surface area contributed by atoms with Crippen LogP contribution in [0.5, 0.6) is 0 Å². The Morgan fingerprint density at radius 3 is 2.36 bits per heavy atom. The summed E-state index contributed by atoms with van der Waals surface area (Å²) in [4.78, 5) is 16.1. The number of benzene rings is 1. The maximum absolute atomic E-state index is 12.0. The molecule has 124 valence electrons. The van der Waals surface area contributed by atoms with Gasteiger partial charge in [0.15, 0.2) is 5.96 Å². The van der Waals surface area contributed by atoms with Crippen molar-refractivity contribution in [1.29, 1.82) is 0 Å². The predicted molar refractivity (Wildman–Crippen MR) is 103 cm³/mol. The molecule has 1 amide bonds. The Balaban J connectivity index is 0.00000441. The van der Waals surface area contributed by atoms with E-state index >= 15 is 0 Å². The molecule has 0 bridgehead atoms. The molecule has 6 heteroatoms. The summed E-state index contributed by atoms with van der Waals surface area (Å²) < 4.78 is 0. The van der Waals surface area contributed by atoms with Crippen molar-refractivity contribution < 1.29 is 4.79 Å². The molecule has 5 nitrogen and oxygen atoms in total. The van der Waals surface area contributed by atoms with Crippen LogP contribution in [0.15, 0.2) is 29.3 Å². The summed E-state index contributed by atoms with van der Waals surface area (Å²) >= 11 is 0. The van der Waals surface area contributed by atoms with Crippen LogP contribution < -0.4 is 16.0 Å². The van der Waals surface area contributed by atoms with Gasteiger partial charge in [-0.25, -0.2) is 0 Å². The monoisotopic (exact) mass is 418 g/mol. The molecule has 22 heavy (non-hydrogen) atoms. The summed E-state index contributed by atoms with van der Waals surface area (Å²) in [6.45, 7) is 9.34. The summed E-state index contributed by atoms with van der Waals surface area (Å²) in [5.74, 6) is 0.673. The second kappa shape index (κ2) is 9.66. The van der Waals surface area contributed by atoms with Crippen molar-refractivity contribution in [1.82, 2.24) is 16.0 Å². The lowest BCUT2D eigenvalue weighted by Gasteiger charge is -2.23. The first-order valence-corrected chi connectivity index (χ1v) is 7.15. The highest BCUT2D eigenvalue weighted by Crippen LogP contribution is 2.03. The van der Waals surface area contributed by atoms with Gasteiger partial charge in [-0.15, -0.1) is 24.0 Å². The third kappa shape index (κ3) is 8.21. The second-order valence-corrected chi connectivity index (χ2v) is 6.00. The molecule has 0 aliphatic carbocycles. The Morgan fingerprint density at radius 2 is 1.82 bits per heavy atom. The fourth-order valence-electron chi connectivity index (χ4n) is 1.78. The highest BCUT2D eigenvalue weighted by molar-refractivity contribution is 14.0. The quantitative estimate of drug-likeness (QED) is 0.304. The zero-order chi connectivity index (χ0) is 15.9. The first-order chi connectivity index (χ1) is 9.81. The summed E-state index contributed by atoms with van der Waals surface area (Å²) in [7, 11) is 1.73. The molecule has 1 aromatic rings. The molecule has 1 aromatic carbocycles. The van der Waals surface area contributed by atoms with Crippen molar-refractivity contribution in [3.05, 3.63) is 35.4 Å². The number of aliphatic imine (C=N–C) groups is 1. The summed E-state index contributed by atoms with van der Waals surface area (Å²) in [6, 6.07) is 7.55. The zero-order valence-corrected chi connectivity index (χ0v) is 16.3. The van der Waals surface area contributed by atoms with Crippen LogP contribution in [0, 0.1) is 6.92 Å². The van der Waals surface area contributed by atoms with Gasteiger partial charge in [0.25, 0.3) is 5.91 Å². The van der Waals surface area contributed by atoms with Crippen LogP contribution in [0.3, 0.4) is 0 Å². The zero-order valence-electron chi connectivity index (χ0n) is 14.0. The topological polar surface area (TPSA) is 65.5 Å². The molecule has 0 unspecified atom stereocenters. The Bertz CT molecular complexity index is 509. The van der Waals surface area contributed by atoms with Gasteiger partial charge in [-0.3, -0.25) is 9.79 Å². The number of aryl methyl sites for hydroxylation is 1. The minimum atomic E-state index is -0.0562. The van der Waals surface area contributed by atoms with E-state index in [1.807, 2.05) is 31.2 Å². The average molecular weight is 418 g/mol. The van der Waals surface area contributed by atoms with E-state index in [-0.39, 0.29) is 35.4 Å². The number of nitrogens with one attached hydrogen (secondary N) is 3. The summed E-state index contributed by atoms with van der Waals surface area (Å²) in [5, 5.41) is 9.31. The molecule has 0 aromatic heterocycles. The predicted octanol–water partition coefficient (Wildman–Crippen LogP) is 2.31. The van der Waals surface area contributed by atoms with Gasteiger partial charge in [0, 0.05) is 31.2 Å². The molecule has 1 rings (SSSR count). The average Bonchev–Trinajstić information content (AvgIpc) is 2.40. The van der Waals surface area contributed by atoms with Crippen LogP contribution in [0.1, 0.15) is 36.7 Å². The van der Waals surface area contributed by atoms with Gasteiger partial charge in [0.1, 0.15) is 0 Å². The van der Waals surface area contributed by atoms with E-state index in [9.17, 15) is 4.79 Å². The smallest absolute Gasteiger partial charge is 0.251 e. The number of amides is 1. The lowest BCUT2D eigenvalue weighted by atomic mass is 10.1. The molecule has 0 atom stereocenters. The molecule has 0 spiro atoms. The fourth-order valence-corrected chi connectivity index (χ4v) is 1.78. The minimum absolute atomic E-state index is 0. The highest BCUT2D eigenvalue weighted by atomic mass is 127. The third-order valence-corrected chi connectivity index (χ3v) is 2.70. The number of hydrogen-bond acceptors (Lipinski definition) is 2. The molecular weight excluding hydrogens is 391 g/mol. The number of carbonyl (C=O) groups is 1. The summed E-state index contributed by atoms with van der Waals surface area (Å²) in [6.07, 6.45) is 0. The number of nitrogens with zero attached hydrogens (tertiary/aromatic N) is 1. The van der Waals surface area contributed by atoms with E-state index in [1.165, 1.54) is 0 Å². The van der Waals surface area contributed by atoms with E-state index in [4.69, 9.17) is 0 Å². The largest absolute Gasteiger partial charge is 0.355 e. The molecule has 3 N–H and O–H groups in total. The minimum Gasteiger partial charge on any atom is -0.355 e. The number of hydrogen-bond donors (Lipinski definition) is 3. The number of guanidine groups is 1. The van der Waals surface area contributed by atoms with E-state index in [1.54, 1.807) is 7.05 Å². The van der Waals surface area contributed by atoms with Gasteiger partial charge in [-0.05, 0) is 39.8 Å². The Morgan fingerprint density at radius 1 is 1.18 bits per heavy atom. The molecule has 0 saturated carbocycles. The lowest BCUT2D eigenvalue weighted by molar-refractivity contribution is 0.0954. The van der Waals surface area contributed by atoms with Gasteiger partial charge in [0.05, 0.1) is 0 Å². The molecule has 0 aliphatic heterocycles. The van der Waals surface area contributed by atoms with Crippen molar-refractivity contribution in [2.75, 3.05) is 20.1 Å². The molecule has 0 saturated heterocycles. The van der Waals surface area contributed by atoms with Gasteiger partial charge in [-0.2, -0.15) is 0 Å². The van der Waals surface area contributed by atoms with E-state index in [0.29, 0.717) is 18.7 Å². The summed E-state index contributed by atoms with van der Waals surface area (Å²) in [5.41, 5.74) is 1.72.